The summed E-state index contributed by atoms with van der Waals surface area (Å²) in [5.41, 5.74) is -0.770. The minimum atomic E-state index is -1.41. The Hall–Kier alpha value is -0.560. The largest absolute Gasteiger partial charge is 0.388 e. The predicted octanol–water partition coefficient (Wildman–Crippen LogP) is 3.47. The van der Waals surface area contributed by atoms with Gasteiger partial charge in [-0.25, -0.2) is 13.3 Å². The van der Waals surface area contributed by atoms with E-state index in [4.69, 9.17) is 11.6 Å². The fourth-order valence-electron chi connectivity index (χ4n) is 2.69. The summed E-state index contributed by atoms with van der Waals surface area (Å²) in [5, 5.41) is 11.5. The van der Waals surface area contributed by atoms with E-state index in [1.165, 1.54) is 0 Å². The van der Waals surface area contributed by atoms with Crippen molar-refractivity contribution < 1.29 is 13.7 Å². The van der Waals surface area contributed by atoms with Crippen LogP contribution >= 0.6 is 11.6 Å². The van der Waals surface area contributed by atoms with Gasteiger partial charge in [-0.05, 0) is 58.6 Å². The molecular weight excluding hydrogens is 339 g/mol. The number of hydrogen-bond donors (Lipinski definition) is 2. The van der Waals surface area contributed by atoms with Crippen LogP contribution in [0.15, 0.2) is 18.3 Å². The molecule has 1 aliphatic carbocycles. The highest BCUT2D eigenvalue weighted by atomic mass is 35.5. The molecule has 2 N–H and O–H groups in total. The average Bonchev–Trinajstić information content (AvgIpc) is 2.48. The van der Waals surface area contributed by atoms with Crippen LogP contribution in [0.5, 0.6) is 0 Å². The first-order valence-electron chi connectivity index (χ1n) is 7.78. The number of alkyl halides is 1. The van der Waals surface area contributed by atoms with Crippen molar-refractivity contribution in [3.63, 3.8) is 0 Å². The van der Waals surface area contributed by atoms with Gasteiger partial charge in [0.1, 0.15) is 6.17 Å². The molecule has 2 rings (SSSR count). The first kappa shape index (κ1) is 18.8. The zero-order chi connectivity index (χ0) is 17.3. The summed E-state index contributed by atoms with van der Waals surface area (Å²) >= 11 is 6.24. The number of nitrogens with zero attached hydrogens (tertiary/aromatic N) is 1. The maximum atomic E-state index is 13.5. The smallest absolute Gasteiger partial charge is 0.100 e. The molecule has 7 heteroatoms. The summed E-state index contributed by atoms with van der Waals surface area (Å²) < 4.78 is 28.5. The lowest BCUT2D eigenvalue weighted by molar-refractivity contribution is -0.0414. The van der Waals surface area contributed by atoms with E-state index >= 15 is 0 Å². The molecule has 2 atom stereocenters. The fraction of sp³-hybridized carbons (Fsp3) is 0.688. The molecule has 0 radical (unpaired) electrons. The van der Waals surface area contributed by atoms with E-state index in [1.807, 2.05) is 20.8 Å². The molecule has 0 amide bonds. The Labute approximate surface area is 144 Å². The zero-order valence-corrected chi connectivity index (χ0v) is 15.3. The van der Waals surface area contributed by atoms with Crippen LogP contribution in [0, 0.1) is 0 Å². The molecule has 0 bridgehead atoms. The van der Waals surface area contributed by atoms with Crippen LogP contribution in [0.25, 0.3) is 0 Å². The number of pyridine rings is 1. The SMILES string of the molecule is CC(C)(C)S(=O)N[C@@H](c1ncccc1Cl)C1(O)CCC(F)CC1. The van der Waals surface area contributed by atoms with E-state index in [0.717, 1.165) is 0 Å². The van der Waals surface area contributed by atoms with E-state index in [9.17, 15) is 13.7 Å². The molecule has 1 aliphatic rings. The molecule has 1 aromatic rings. The molecule has 0 aromatic carbocycles. The lowest BCUT2D eigenvalue weighted by atomic mass is 9.78. The van der Waals surface area contributed by atoms with Gasteiger partial charge in [0.2, 0.25) is 0 Å². The van der Waals surface area contributed by atoms with Crippen molar-refractivity contribution in [1.29, 1.82) is 0 Å². The van der Waals surface area contributed by atoms with Crippen LogP contribution in [0.1, 0.15) is 58.2 Å². The van der Waals surface area contributed by atoms with E-state index in [1.54, 1.807) is 18.3 Å². The number of hydrogen-bond acceptors (Lipinski definition) is 3. The van der Waals surface area contributed by atoms with Crippen molar-refractivity contribution in [2.75, 3.05) is 0 Å². The van der Waals surface area contributed by atoms with Crippen LogP contribution in [0.4, 0.5) is 4.39 Å². The van der Waals surface area contributed by atoms with Gasteiger partial charge in [-0.15, -0.1) is 0 Å². The maximum Gasteiger partial charge on any atom is 0.100 e. The Bertz CT molecular complexity index is 571. The summed E-state index contributed by atoms with van der Waals surface area (Å²) in [7, 11) is -1.41. The quantitative estimate of drug-likeness (QED) is 0.862. The van der Waals surface area contributed by atoms with Gasteiger partial charge in [0.05, 0.1) is 38.1 Å². The summed E-state index contributed by atoms with van der Waals surface area (Å²) in [6.07, 6.45) is 1.80. The van der Waals surface area contributed by atoms with Crippen LogP contribution in [0.3, 0.4) is 0 Å². The summed E-state index contributed by atoms with van der Waals surface area (Å²) in [6, 6.07) is 2.68. The van der Waals surface area contributed by atoms with Gasteiger partial charge in [0, 0.05) is 6.20 Å². The second kappa shape index (κ2) is 7.13. The summed E-state index contributed by atoms with van der Waals surface area (Å²) in [4.78, 5) is 4.27. The predicted molar refractivity (Wildman–Crippen MR) is 91.3 cm³/mol. The molecule has 1 aromatic heterocycles. The zero-order valence-electron chi connectivity index (χ0n) is 13.7. The standard InChI is InChI=1S/C16H24ClFN2O2S/c1-15(2,3)23(22)20-14(13-12(17)5-4-10-19-13)16(21)8-6-11(18)7-9-16/h4-5,10-11,14,20-21H,6-9H2,1-3H3/t11?,14-,16?,23?/m0/s1. The lowest BCUT2D eigenvalue weighted by Gasteiger charge is -2.41. The molecule has 130 valence electrons. The number of aliphatic hydroxyl groups is 1. The Kier molecular flexibility index (Phi) is 5.82. The topological polar surface area (TPSA) is 62.2 Å². The van der Waals surface area contributed by atoms with Gasteiger partial charge in [-0.3, -0.25) is 4.98 Å². The first-order valence-corrected chi connectivity index (χ1v) is 9.31. The Morgan fingerprint density at radius 2 is 2.09 bits per heavy atom. The molecule has 4 nitrogen and oxygen atoms in total. The monoisotopic (exact) mass is 362 g/mol. The molecule has 1 fully saturated rings. The van der Waals surface area contributed by atoms with Crippen molar-refractivity contribution in [2.45, 2.75) is 69.0 Å². The lowest BCUT2D eigenvalue weighted by Crippen LogP contribution is -2.50. The third-order valence-corrected chi connectivity index (χ3v) is 6.04. The highest BCUT2D eigenvalue weighted by Gasteiger charge is 2.44. The molecular formula is C16H24ClFN2O2S. The van der Waals surface area contributed by atoms with Gasteiger partial charge >= 0.3 is 0 Å². The van der Waals surface area contributed by atoms with E-state index in [-0.39, 0.29) is 25.7 Å². The fourth-order valence-corrected chi connectivity index (χ4v) is 3.81. The number of aromatic nitrogens is 1. The molecule has 1 saturated carbocycles. The Morgan fingerprint density at radius 1 is 1.48 bits per heavy atom. The van der Waals surface area contributed by atoms with Crippen molar-refractivity contribution in [3.05, 3.63) is 29.0 Å². The first-order chi connectivity index (χ1) is 10.6. The highest BCUT2D eigenvalue weighted by molar-refractivity contribution is 7.84. The number of nitrogens with one attached hydrogen (secondary N) is 1. The third-order valence-electron chi connectivity index (χ3n) is 4.16. The van der Waals surface area contributed by atoms with Crippen molar-refractivity contribution in [1.82, 2.24) is 9.71 Å². The second-order valence-electron chi connectivity index (χ2n) is 7.08. The molecule has 0 spiro atoms. The molecule has 1 unspecified atom stereocenters. The molecule has 0 saturated heterocycles. The van der Waals surface area contributed by atoms with Crippen LogP contribution in [-0.2, 0) is 11.0 Å². The van der Waals surface area contributed by atoms with Crippen molar-refractivity contribution in [2.24, 2.45) is 0 Å². The van der Waals surface area contributed by atoms with E-state index in [2.05, 4.69) is 9.71 Å². The van der Waals surface area contributed by atoms with Crippen molar-refractivity contribution in [3.8, 4) is 0 Å². The van der Waals surface area contributed by atoms with Crippen LogP contribution in [-0.4, -0.2) is 30.8 Å². The highest BCUT2D eigenvalue weighted by Crippen LogP contribution is 2.41. The van der Waals surface area contributed by atoms with Crippen LogP contribution in [0.2, 0.25) is 5.02 Å². The Balaban J connectivity index is 2.36. The normalized spacial score (nSPS) is 28.3. The number of rotatable bonds is 4. The van der Waals surface area contributed by atoms with Crippen LogP contribution < -0.4 is 4.72 Å². The molecule has 0 aliphatic heterocycles. The molecule has 1 heterocycles. The Morgan fingerprint density at radius 3 is 2.61 bits per heavy atom. The summed E-state index contributed by atoms with van der Waals surface area (Å²) in [5.74, 6) is 0. The molecule has 23 heavy (non-hydrogen) atoms. The van der Waals surface area contributed by atoms with Gasteiger partial charge in [-0.2, -0.15) is 0 Å². The summed E-state index contributed by atoms with van der Waals surface area (Å²) in [6.45, 7) is 5.53. The average molecular weight is 363 g/mol. The van der Waals surface area contributed by atoms with E-state index in [0.29, 0.717) is 10.7 Å². The van der Waals surface area contributed by atoms with Crippen molar-refractivity contribution >= 4 is 22.6 Å². The number of halogens is 2. The van der Waals surface area contributed by atoms with E-state index < -0.39 is 33.5 Å². The minimum Gasteiger partial charge on any atom is -0.388 e. The van der Waals surface area contributed by atoms with Gasteiger partial charge in [0.15, 0.2) is 0 Å². The maximum absolute atomic E-state index is 13.5. The third kappa shape index (κ3) is 4.50. The minimum absolute atomic E-state index is 0.278. The van der Waals surface area contributed by atoms with Gasteiger partial charge in [0.25, 0.3) is 0 Å². The second-order valence-corrected chi connectivity index (χ2v) is 9.49. The van der Waals surface area contributed by atoms with Gasteiger partial charge < -0.3 is 5.11 Å². The van der Waals surface area contributed by atoms with Gasteiger partial charge in [-0.1, -0.05) is 11.6 Å².